The SMILES string of the molecule is Cc1cc(C)c(B(c2ccc(C#Cc3ccc(N(c4ccc(C#Cc5ccc(B(c6c(C)cc(C)cc6C)c6c(C)cc(C)cc6C)cc5)cc4)c4ccc(C#Cc5ccc(B(c6c(C)cc(C)cc6C)c6c(C)cc(C)cc6C)cc5)cc4)cc3)cc2)c2c(C)cc(C)cc2C)c(C)c1. The van der Waals surface area contributed by atoms with Gasteiger partial charge in [0.2, 0.25) is 20.1 Å². The number of nitrogens with zero attached hydrogens (tertiary/aromatic N) is 1. The highest BCUT2D eigenvalue weighted by atomic mass is 15.1. The summed E-state index contributed by atoms with van der Waals surface area (Å²) in [7, 11) is 0. The molecule has 12 aromatic carbocycles. The lowest BCUT2D eigenvalue weighted by Crippen LogP contribution is -2.55. The van der Waals surface area contributed by atoms with Gasteiger partial charge in [0.15, 0.2) is 0 Å². The predicted molar refractivity (Wildman–Crippen MR) is 436 cm³/mol. The maximum Gasteiger partial charge on any atom is 0.242 e. The molecular formula is C96H90B3N. The van der Waals surface area contributed by atoms with E-state index < -0.39 is 0 Å². The van der Waals surface area contributed by atoms with E-state index in [-0.39, 0.29) is 20.1 Å². The molecule has 1 nitrogen and oxygen atoms in total. The Morgan fingerprint density at radius 3 is 0.450 bits per heavy atom. The molecule has 0 aliphatic carbocycles. The van der Waals surface area contributed by atoms with E-state index >= 15 is 0 Å². The highest BCUT2D eigenvalue weighted by Gasteiger charge is 2.32. The first-order chi connectivity index (χ1) is 47.9. The lowest BCUT2D eigenvalue weighted by Gasteiger charge is -2.25. The largest absolute Gasteiger partial charge is 0.311 e. The summed E-state index contributed by atoms with van der Waals surface area (Å²) in [5.41, 5.74) is 44.5. The van der Waals surface area contributed by atoms with Crippen LogP contribution in [-0.4, -0.2) is 20.1 Å². The molecular weight excluding hydrogens is 1200 g/mol. The Bertz CT molecular complexity index is 4460. The molecule has 0 spiro atoms. The minimum Gasteiger partial charge on any atom is -0.311 e. The van der Waals surface area contributed by atoms with Crippen LogP contribution in [0.3, 0.4) is 0 Å². The molecule has 0 heterocycles. The molecule has 0 amide bonds. The van der Waals surface area contributed by atoms with E-state index in [1.165, 1.54) is 149 Å². The predicted octanol–water partition coefficient (Wildman–Crippen LogP) is 16.5. The van der Waals surface area contributed by atoms with Crippen molar-refractivity contribution in [2.45, 2.75) is 125 Å². The highest BCUT2D eigenvalue weighted by molar-refractivity contribution is 6.98. The van der Waals surface area contributed by atoms with Crippen molar-refractivity contribution >= 4 is 86.4 Å². The van der Waals surface area contributed by atoms with E-state index in [2.05, 4.69) is 383 Å². The summed E-state index contributed by atoms with van der Waals surface area (Å²) in [5.74, 6) is 21.1. The van der Waals surface area contributed by atoms with Gasteiger partial charge in [0.25, 0.3) is 0 Å². The zero-order valence-corrected chi connectivity index (χ0v) is 62.0. The van der Waals surface area contributed by atoms with Crippen LogP contribution < -0.4 is 54.1 Å². The normalized spacial score (nSPS) is 10.9. The van der Waals surface area contributed by atoms with E-state index in [0.717, 1.165) is 50.4 Å². The Kier molecular flexibility index (Phi) is 20.4. The number of hydrogen-bond donors (Lipinski definition) is 0. The van der Waals surface area contributed by atoms with Crippen molar-refractivity contribution in [3.8, 4) is 35.5 Å². The standard InChI is InChI=1S/C96H90B3N/c1-61-49-67(7)91(68(8)50-61)97(92-69(9)51-62(2)52-70(92)10)85-37-25-79(26-38-85)19-22-82-31-43-88(44-32-82)100(89-45-33-83(34-46-89)23-20-80-27-39-86(40-28-80)98(93-71(11)53-63(3)54-72(93)12)94-73(13)55-64(4)56-74(94)14)90-47-35-84(36-48-90)24-21-81-29-41-87(42-30-81)99(95-75(15)57-65(5)58-76(95)16)96-77(17)59-66(6)60-78(96)18/h25-60H,1-18H3. The van der Waals surface area contributed by atoms with Gasteiger partial charge in [-0.05, 0) is 234 Å². The van der Waals surface area contributed by atoms with Crippen LogP contribution in [0.15, 0.2) is 218 Å². The van der Waals surface area contributed by atoms with E-state index in [1.54, 1.807) is 0 Å². The molecule has 0 aliphatic rings. The minimum atomic E-state index is 0.104. The smallest absolute Gasteiger partial charge is 0.242 e. The van der Waals surface area contributed by atoms with Crippen molar-refractivity contribution in [3.05, 3.63) is 352 Å². The number of benzene rings is 12. The summed E-state index contributed by atoms with van der Waals surface area (Å²) in [6.45, 7) is 40.6. The summed E-state index contributed by atoms with van der Waals surface area (Å²) in [4.78, 5) is 2.30. The van der Waals surface area contributed by atoms with Gasteiger partial charge in [-0.25, -0.2) is 0 Å². The Morgan fingerprint density at radius 2 is 0.310 bits per heavy atom. The Morgan fingerprint density at radius 1 is 0.180 bits per heavy atom. The van der Waals surface area contributed by atoms with Crippen LogP contribution in [0.2, 0.25) is 0 Å². The van der Waals surface area contributed by atoms with Gasteiger partial charge in [-0.1, -0.05) is 294 Å². The average molecular weight is 1290 g/mol. The summed E-state index contributed by atoms with van der Waals surface area (Å²) in [5, 5.41) is 0. The van der Waals surface area contributed by atoms with Crippen LogP contribution in [0.4, 0.5) is 17.1 Å². The van der Waals surface area contributed by atoms with Crippen LogP contribution in [-0.2, 0) is 0 Å². The van der Waals surface area contributed by atoms with Gasteiger partial charge in [0, 0.05) is 50.4 Å². The molecule has 0 radical (unpaired) electrons. The van der Waals surface area contributed by atoms with Crippen molar-refractivity contribution in [1.82, 2.24) is 0 Å². The van der Waals surface area contributed by atoms with Crippen LogP contribution in [0.1, 0.15) is 134 Å². The third kappa shape index (κ3) is 15.0. The van der Waals surface area contributed by atoms with Gasteiger partial charge in [0.1, 0.15) is 0 Å². The van der Waals surface area contributed by atoms with Crippen molar-refractivity contribution in [2.24, 2.45) is 0 Å². The third-order valence-electron chi connectivity index (χ3n) is 20.3. The molecule has 12 rings (SSSR count). The van der Waals surface area contributed by atoms with Gasteiger partial charge in [-0.2, -0.15) is 0 Å². The Balaban J connectivity index is 0.841. The number of anilines is 3. The second-order valence-corrected chi connectivity index (χ2v) is 28.8. The summed E-state index contributed by atoms with van der Waals surface area (Å²) < 4.78 is 0. The lowest BCUT2D eigenvalue weighted by molar-refractivity contribution is 1.28. The zero-order valence-electron chi connectivity index (χ0n) is 62.0. The van der Waals surface area contributed by atoms with E-state index in [0.29, 0.717) is 0 Å². The third-order valence-corrected chi connectivity index (χ3v) is 20.3. The second-order valence-electron chi connectivity index (χ2n) is 28.8. The molecule has 0 saturated heterocycles. The summed E-state index contributed by atoms with van der Waals surface area (Å²) >= 11 is 0. The molecule has 0 unspecified atom stereocenters. The van der Waals surface area contributed by atoms with Crippen LogP contribution >= 0.6 is 0 Å². The molecule has 0 atom stereocenters. The number of hydrogen-bond acceptors (Lipinski definition) is 1. The van der Waals surface area contributed by atoms with Gasteiger partial charge < -0.3 is 4.90 Å². The Hall–Kier alpha value is -10.7. The molecule has 0 aromatic heterocycles. The van der Waals surface area contributed by atoms with Gasteiger partial charge >= 0.3 is 0 Å². The van der Waals surface area contributed by atoms with E-state index in [1.807, 2.05) is 0 Å². The summed E-state index contributed by atoms with van der Waals surface area (Å²) in [6, 6.07) is 80.5. The average Bonchev–Trinajstić information content (AvgIpc) is 0.778. The van der Waals surface area contributed by atoms with Crippen molar-refractivity contribution in [2.75, 3.05) is 4.90 Å². The molecule has 12 aromatic rings. The van der Waals surface area contributed by atoms with Gasteiger partial charge in [0.05, 0.1) is 0 Å². The summed E-state index contributed by atoms with van der Waals surface area (Å²) in [6.07, 6.45) is 0. The topological polar surface area (TPSA) is 3.24 Å². The first-order valence-electron chi connectivity index (χ1n) is 35.4. The van der Waals surface area contributed by atoms with Crippen molar-refractivity contribution in [1.29, 1.82) is 0 Å². The number of rotatable bonds is 12. The highest BCUT2D eigenvalue weighted by Crippen LogP contribution is 2.35. The van der Waals surface area contributed by atoms with Gasteiger partial charge in [-0.3, -0.25) is 0 Å². The minimum absolute atomic E-state index is 0.104. The first-order valence-corrected chi connectivity index (χ1v) is 35.4. The fraction of sp³-hybridized carbons (Fsp3) is 0.188. The monoisotopic (exact) mass is 1290 g/mol. The van der Waals surface area contributed by atoms with Crippen LogP contribution in [0.5, 0.6) is 0 Å². The maximum absolute atomic E-state index is 3.51. The van der Waals surface area contributed by atoms with Crippen LogP contribution in [0, 0.1) is 160 Å². The molecule has 0 bridgehead atoms. The quantitative estimate of drug-likeness (QED) is 0.0870. The van der Waals surface area contributed by atoms with Gasteiger partial charge in [-0.15, -0.1) is 0 Å². The molecule has 0 saturated carbocycles. The fourth-order valence-corrected chi connectivity index (χ4v) is 16.6. The molecule has 0 aliphatic heterocycles. The second kappa shape index (κ2) is 29.4. The molecule has 4 heteroatoms. The fourth-order valence-electron chi connectivity index (χ4n) is 16.6. The first kappa shape index (κ1) is 69.2. The van der Waals surface area contributed by atoms with E-state index in [4.69, 9.17) is 0 Å². The molecule has 0 fully saturated rings. The molecule has 0 N–H and O–H groups in total. The molecule has 488 valence electrons. The molecule has 100 heavy (non-hydrogen) atoms. The lowest BCUT2D eigenvalue weighted by atomic mass is 9.34. The van der Waals surface area contributed by atoms with Crippen LogP contribution in [0.25, 0.3) is 0 Å². The Labute approximate surface area is 599 Å². The number of aryl methyl sites for hydroxylation is 18. The van der Waals surface area contributed by atoms with Crippen molar-refractivity contribution < 1.29 is 0 Å². The van der Waals surface area contributed by atoms with Crippen molar-refractivity contribution in [3.63, 3.8) is 0 Å². The zero-order chi connectivity index (χ0) is 70.8. The maximum atomic E-state index is 3.51. The van der Waals surface area contributed by atoms with E-state index in [9.17, 15) is 0 Å².